The molecule has 1 aromatic carbocycles. The van der Waals surface area contributed by atoms with Gasteiger partial charge in [0.05, 0.1) is 5.69 Å². The number of thiophene rings is 1. The van der Waals surface area contributed by atoms with Crippen molar-refractivity contribution in [1.29, 1.82) is 0 Å². The van der Waals surface area contributed by atoms with Crippen LogP contribution in [0, 0.1) is 0 Å². The highest BCUT2D eigenvalue weighted by atomic mass is 32.1. The summed E-state index contributed by atoms with van der Waals surface area (Å²) in [7, 11) is 1.78. The number of benzene rings is 1. The molecule has 0 amide bonds. The van der Waals surface area contributed by atoms with Gasteiger partial charge in [-0.3, -0.25) is 4.99 Å². The van der Waals surface area contributed by atoms with Gasteiger partial charge in [-0.05, 0) is 46.2 Å². The summed E-state index contributed by atoms with van der Waals surface area (Å²) in [5.41, 5.74) is 3.49. The zero-order valence-electron chi connectivity index (χ0n) is 12.9. The fourth-order valence-electron chi connectivity index (χ4n) is 2.22. The largest absolute Gasteiger partial charge is 0.352 e. The first-order chi connectivity index (χ1) is 11.3. The van der Waals surface area contributed by atoms with Gasteiger partial charge in [0.25, 0.3) is 0 Å². The fraction of sp³-hybridized carbons (Fsp3) is 0.176. The van der Waals surface area contributed by atoms with E-state index in [4.69, 9.17) is 0 Å². The number of aliphatic imine (C=N–C) groups is 1. The first kappa shape index (κ1) is 15.3. The smallest absolute Gasteiger partial charge is 0.191 e. The van der Waals surface area contributed by atoms with E-state index in [9.17, 15) is 0 Å². The molecule has 0 saturated heterocycles. The van der Waals surface area contributed by atoms with Crippen molar-refractivity contribution in [3.8, 4) is 5.69 Å². The van der Waals surface area contributed by atoms with Crippen molar-refractivity contribution in [3.05, 3.63) is 70.7 Å². The van der Waals surface area contributed by atoms with Crippen molar-refractivity contribution < 1.29 is 0 Å². The van der Waals surface area contributed by atoms with Crippen molar-refractivity contribution in [1.82, 2.24) is 20.4 Å². The number of nitrogens with one attached hydrogen (secondary N) is 2. The van der Waals surface area contributed by atoms with Crippen LogP contribution in [0.15, 0.2) is 64.5 Å². The van der Waals surface area contributed by atoms with E-state index in [1.54, 1.807) is 24.6 Å². The van der Waals surface area contributed by atoms with Crippen LogP contribution in [0.4, 0.5) is 0 Å². The van der Waals surface area contributed by atoms with E-state index in [0.717, 1.165) is 18.2 Å². The summed E-state index contributed by atoms with van der Waals surface area (Å²) < 4.78 is 1.85. The molecule has 0 aliphatic carbocycles. The van der Waals surface area contributed by atoms with E-state index in [0.29, 0.717) is 6.54 Å². The zero-order valence-corrected chi connectivity index (χ0v) is 13.8. The maximum absolute atomic E-state index is 4.26. The van der Waals surface area contributed by atoms with Crippen molar-refractivity contribution in [2.24, 2.45) is 4.99 Å². The highest BCUT2D eigenvalue weighted by Gasteiger charge is 2.01. The quantitative estimate of drug-likeness (QED) is 0.560. The summed E-state index contributed by atoms with van der Waals surface area (Å²) in [6, 6.07) is 12.3. The monoisotopic (exact) mass is 325 g/mol. The maximum Gasteiger partial charge on any atom is 0.191 e. The Balaban J connectivity index is 1.57. The first-order valence-corrected chi connectivity index (χ1v) is 8.34. The molecular weight excluding hydrogens is 306 g/mol. The Hall–Kier alpha value is -2.60. The number of rotatable bonds is 5. The molecule has 0 aliphatic heterocycles. The molecule has 0 saturated carbocycles. The van der Waals surface area contributed by atoms with E-state index in [-0.39, 0.29) is 0 Å². The van der Waals surface area contributed by atoms with Crippen molar-refractivity contribution in [3.63, 3.8) is 0 Å². The minimum atomic E-state index is 0.707. The normalized spacial score (nSPS) is 11.4. The van der Waals surface area contributed by atoms with Crippen LogP contribution in [0.1, 0.15) is 11.1 Å². The lowest BCUT2D eigenvalue weighted by Gasteiger charge is -2.12. The summed E-state index contributed by atoms with van der Waals surface area (Å²) in [5.74, 6) is 0.792. The van der Waals surface area contributed by atoms with Gasteiger partial charge in [-0.1, -0.05) is 12.1 Å². The summed E-state index contributed by atoms with van der Waals surface area (Å²) in [6.45, 7) is 1.48. The van der Waals surface area contributed by atoms with Gasteiger partial charge in [-0.25, -0.2) is 4.68 Å². The predicted molar refractivity (Wildman–Crippen MR) is 94.9 cm³/mol. The van der Waals surface area contributed by atoms with E-state index in [2.05, 4.69) is 49.7 Å². The molecule has 23 heavy (non-hydrogen) atoms. The highest BCUT2D eigenvalue weighted by Crippen LogP contribution is 2.09. The van der Waals surface area contributed by atoms with Crippen LogP contribution < -0.4 is 10.6 Å². The van der Waals surface area contributed by atoms with E-state index in [1.165, 1.54) is 11.1 Å². The van der Waals surface area contributed by atoms with Gasteiger partial charge >= 0.3 is 0 Å². The fourth-order valence-corrected chi connectivity index (χ4v) is 2.88. The summed E-state index contributed by atoms with van der Waals surface area (Å²) in [4.78, 5) is 4.26. The van der Waals surface area contributed by atoms with Crippen LogP contribution in [-0.2, 0) is 13.1 Å². The number of hydrogen-bond acceptors (Lipinski definition) is 3. The topological polar surface area (TPSA) is 54.2 Å². The molecule has 0 bridgehead atoms. The number of aromatic nitrogens is 2. The Labute approximate surface area is 139 Å². The number of nitrogens with zero attached hydrogens (tertiary/aromatic N) is 3. The molecule has 118 valence electrons. The van der Waals surface area contributed by atoms with Crippen LogP contribution in [-0.4, -0.2) is 22.8 Å². The Morgan fingerprint density at radius 1 is 1.17 bits per heavy atom. The third-order valence-corrected chi connectivity index (χ3v) is 4.14. The molecule has 0 fully saturated rings. The maximum atomic E-state index is 4.26. The molecular formula is C17H19N5S. The molecule has 0 atom stereocenters. The third kappa shape index (κ3) is 4.20. The number of hydrogen-bond donors (Lipinski definition) is 2. The van der Waals surface area contributed by atoms with Crippen LogP contribution in [0.3, 0.4) is 0 Å². The van der Waals surface area contributed by atoms with Crippen LogP contribution in [0.25, 0.3) is 5.69 Å². The highest BCUT2D eigenvalue weighted by molar-refractivity contribution is 7.07. The summed E-state index contributed by atoms with van der Waals surface area (Å²) in [6.07, 6.45) is 3.72. The predicted octanol–water partition coefficient (Wildman–Crippen LogP) is 2.80. The van der Waals surface area contributed by atoms with Gasteiger partial charge in [0.1, 0.15) is 0 Å². The molecule has 0 unspecified atom stereocenters. The van der Waals surface area contributed by atoms with Crippen molar-refractivity contribution in [2.45, 2.75) is 13.1 Å². The van der Waals surface area contributed by atoms with Gasteiger partial charge in [0.2, 0.25) is 0 Å². The summed E-state index contributed by atoms with van der Waals surface area (Å²) >= 11 is 1.70. The molecule has 2 heterocycles. The molecule has 2 N–H and O–H groups in total. The van der Waals surface area contributed by atoms with Gasteiger partial charge in [0, 0.05) is 32.5 Å². The van der Waals surface area contributed by atoms with E-state index < -0.39 is 0 Å². The van der Waals surface area contributed by atoms with Crippen molar-refractivity contribution >= 4 is 17.3 Å². The molecule has 2 aromatic heterocycles. The van der Waals surface area contributed by atoms with Gasteiger partial charge < -0.3 is 10.6 Å². The average Bonchev–Trinajstić information content (AvgIpc) is 3.29. The van der Waals surface area contributed by atoms with Gasteiger partial charge in [-0.15, -0.1) is 0 Å². The zero-order chi connectivity index (χ0) is 15.9. The van der Waals surface area contributed by atoms with E-state index in [1.807, 2.05) is 29.1 Å². The second-order valence-corrected chi connectivity index (χ2v) is 5.81. The Morgan fingerprint density at radius 3 is 2.74 bits per heavy atom. The lowest BCUT2D eigenvalue weighted by Crippen LogP contribution is -2.36. The second kappa shape index (κ2) is 7.60. The molecule has 0 aliphatic rings. The minimum absolute atomic E-state index is 0.707. The molecule has 0 radical (unpaired) electrons. The van der Waals surface area contributed by atoms with Gasteiger partial charge in [0.15, 0.2) is 5.96 Å². The third-order valence-electron chi connectivity index (χ3n) is 3.40. The molecule has 6 heteroatoms. The number of guanidine groups is 1. The lowest BCUT2D eigenvalue weighted by atomic mass is 10.2. The Bertz CT molecular complexity index is 747. The van der Waals surface area contributed by atoms with E-state index >= 15 is 0 Å². The Morgan fingerprint density at radius 2 is 2.04 bits per heavy atom. The summed E-state index contributed by atoms with van der Waals surface area (Å²) in [5, 5.41) is 15.1. The Kier molecular flexibility index (Phi) is 5.06. The first-order valence-electron chi connectivity index (χ1n) is 7.40. The SMILES string of the molecule is CN=C(NCc1ccsc1)NCc1cccc(-n2cccn2)c1. The van der Waals surface area contributed by atoms with Gasteiger partial charge in [-0.2, -0.15) is 16.4 Å². The molecule has 3 rings (SSSR count). The standard InChI is InChI=1S/C17H19N5S/c1-18-17(20-12-15-6-9-23-13-15)19-11-14-4-2-5-16(10-14)22-8-3-7-21-22/h2-10,13H,11-12H2,1H3,(H2,18,19,20). The van der Waals surface area contributed by atoms with Crippen molar-refractivity contribution in [2.75, 3.05) is 7.05 Å². The molecule has 0 spiro atoms. The molecule has 3 aromatic rings. The van der Waals surface area contributed by atoms with Crippen LogP contribution in [0.5, 0.6) is 0 Å². The second-order valence-electron chi connectivity index (χ2n) is 5.03. The van der Waals surface area contributed by atoms with Crippen LogP contribution >= 0.6 is 11.3 Å². The van der Waals surface area contributed by atoms with Crippen LogP contribution in [0.2, 0.25) is 0 Å². The average molecular weight is 325 g/mol. The lowest BCUT2D eigenvalue weighted by molar-refractivity contribution is 0.807. The minimum Gasteiger partial charge on any atom is -0.352 e. The molecule has 5 nitrogen and oxygen atoms in total.